The van der Waals surface area contributed by atoms with Crippen LogP contribution in [0.25, 0.3) is 0 Å². The lowest BCUT2D eigenvalue weighted by molar-refractivity contribution is 0.102. The van der Waals surface area contributed by atoms with E-state index in [9.17, 15) is 4.79 Å². The molecule has 0 unspecified atom stereocenters. The summed E-state index contributed by atoms with van der Waals surface area (Å²) in [5.41, 5.74) is 1.44. The molecule has 0 bridgehead atoms. The largest absolute Gasteiger partial charge is 0.305 e. The van der Waals surface area contributed by atoms with Crippen molar-refractivity contribution in [3.8, 4) is 0 Å². The number of carbonyl (C=O) groups excluding carboxylic acids is 1. The van der Waals surface area contributed by atoms with Gasteiger partial charge in [-0.25, -0.2) is 0 Å². The van der Waals surface area contributed by atoms with Gasteiger partial charge in [0.25, 0.3) is 5.91 Å². The fourth-order valence-electron chi connectivity index (χ4n) is 1.27. The number of aryl methyl sites for hydroxylation is 1. The minimum Gasteiger partial charge on any atom is -0.305 e. The van der Waals surface area contributed by atoms with Crippen LogP contribution in [0.5, 0.6) is 0 Å². The van der Waals surface area contributed by atoms with E-state index in [2.05, 4.69) is 15.5 Å². The summed E-state index contributed by atoms with van der Waals surface area (Å²) < 4.78 is 0. The van der Waals surface area contributed by atoms with Crippen molar-refractivity contribution >= 4 is 23.3 Å². The van der Waals surface area contributed by atoms with Crippen molar-refractivity contribution < 1.29 is 4.79 Å². The average Bonchev–Trinajstić information content (AvgIpc) is 2.65. The second-order valence-electron chi connectivity index (χ2n) is 3.40. The minimum absolute atomic E-state index is 0.205. The van der Waals surface area contributed by atoms with Gasteiger partial charge in [-0.1, -0.05) is 11.6 Å². The first-order valence-electron chi connectivity index (χ1n) is 4.74. The maximum absolute atomic E-state index is 11.7. The Bertz CT molecular complexity index is 504. The number of anilines is 1. The number of amides is 1. The molecule has 1 aromatic carbocycles. The van der Waals surface area contributed by atoms with Crippen LogP contribution in [-0.4, -0.2) is 16.1 Å². The van der Waals surface area contributed by atoms with E-state index in [0.717, 1.165) is 5.69 Å². The first kappa shape index (κ1) is 10.7. The molecule has 0 fully saturated rings. The van der Waals surface area contributed by atoms with E-state index in [1.807, 2.05) is 6.92 Å². The average molecular weight is 236 g/mol. The zero-order valence-electron chi connectivity index (χ0n) is 8.62. The number of carbonyl (C=O) groups is 1. The van der Waals surface area contributed by atoms with Crippen LogP contribution in [0.4, 0.5) is 5.82 Å². The molecule has 16 heavy (non-hydrogen) atoms. The Balaban J connectivity index is 2.11. The van der Waals surface area contributed by atoms with Crippen molar-refractivity contribution in [3.05, 3.63) is 46.6 Å². The molecule has 4 nitrogen and oxygen atoms in total. The lowest BCUT2D eigenvalue weighted by Gasteiger charge is -2.01. The van der Waals surface area contributed by atoms with Gasteiger partial charge >= 0.3 is 0 Å². The normalized spacial score (nSPS) is 10.1. The van der Waals surface area contributed by atoms with Gasteiger partial charge in [-0.15, -0.1) is 0 Å². The van der Waals surface area contributed by atoms with Crippen LogP contribution in [0, 0.1) is 6.92 Å². The highest BCUT2D eigenvalue weighted by Gasteiger charge is 2.07. The van der Waals surface area contributed by atoms with E-state index >= 15 is 0 Å². The van der Waals surface area contributed by atoms with E-state index in [-0.39, 0.29) is 5.91 Å². The second-order valence-corrected chi connectivity index (χ2v) is 3.83. The van der Waals surface area contributed by atoms with Crippen LogP contribution >= 0.6 is 11.6 Å². The zero-order valence-corrected chi connectivity index (χ0v) is 9.38. The molecule has 0 aliphatic heterocycles. The van der Waals surface area contributed by atoms with Crippen molar-refractivity contribution in [1.29, 1.82) is 0 Å². The summed E-state index contributed by atoms with van der Waals surface area (Å²) in [6, 6.07) is 8.43. The number of benzene rings is 1. The molecule has 1 aromatic heterocycles. The summed E-state index contributed by atoms with van der Waals surface area (Å²) in [6.45, 7) is 1.87. The minimum atomic E-state index is -0.205. The van der Waals surface area contributed by atoms with E-state index in [1.54, 1.807) is 30.3 Å². The molecular formula is C11H10ClN3O. The standard InChI is InChI=1S/C11H10ClN3O/c1-7-6-10(15-14-7)13-11(16)8-2-4-9(12)5-3-8/h2-6H,1H3,(H2,13,14,15,16). The summed E-state index contributed by atoms with van der Waals surface area (Å²) in [6.07, 6.45) is 0. The molecule has 0 saturated heterocycles. The number of hydrogen-bond acceptors (Lipinski definition) is 2. The van der Waals surface area contributed by atoms with Crippen LogP contribution in [0.2, 0.25) is 5.02 Å². The van der Waals surface area contributed by atoms with Crippen molar-refractivity contribution in [2.45, 2.75) is 6.92 Å². The molecule has 1 amide bonds. The molecular weight excluding hydrogens is 226 g/mol. The lowest BCUT2D eigenvalue weighted by Crippen LogP contribution is -2.11. The number of aromatic nitrogens is 2. The van der Waals surface area contributed by atoms with Crippen molar-refractivity contribution in [1.82, 2.24) is 10.2 Å². The van der Waals surface area contributed by atoms with E-state index in [0.29, 0.717) is 16.4 Å². The maximum Gasteiger partial charge on any atom is 0.256 e. The molecule has 0 aliphatic rings. The molecule has 2 aromatic rings. The smallest absolute Gasteiger partial charge is 0.256 e. The van der Waals surface area contributed by atoms with E-state index in [1.165, 1.54) is 0 Å². The van der Waals surface area contributed by atoms with Gasteiger partial charge in [0.2, 0.25) is 0 Å². The molecule has 0 radical (unpaired) electrons. The highest BCUT2D eigenvalue weighted by molar-refractivity contribution is 6.30. The molecule has 2 rings (SSSR count). The van der Waals surface area contributed by atoms with Crippen molar-refractivity contribution in [2.75, 3.05) is 5.32 Å². The topological polar surface area (TPSA) is 57.8 Å². The highest BCUT2D eigenvalue weighted by Crippen LogP contribution is 2.11. The number of aromatic amines is 1. The van der Waals surface area contributed by atoms with Gasteiger partial charge in [0.1, 0.15) is 0 Å². The summed E-state index contributed by atoms with van der Waals surface area (Å²) in [7, 11) is 0. The summed E-state index contributed by atoms with van der Waals surface area (Å²) in [5.74, 6) is 0.306. The summed E-state index contributed by atoms with van der Waals surface area (Å²) in [4.78, 5) is 11.7. The Morgan fingerprint density at radius 2 is 2.06 bits per heavy atom. The molecule has 0 aliphatic carbocycles. The Labute approximate surface area is 97.6 Å². The van der Waals surface area contributed by atoms with Crippen LogP contribution in [0.3, 0.4) is 0 Å². The first-order valence-corrected chi connectivity index (χ1v) is 5.12. The van der Waals surface area contributed by atoms with Crippen LogP contribution in [-0.2, 0) is 0 Å². The van der Waals surface area contributed by atoms with Crippen LogP contribution in [0.1, 0.15) is 16.1 Å². The summed E-state index contributed by atoms with van der Waals surface area (Å²) >= 11 is 5.73. The Hall–Kier alpha value is -1.81. The first-order chi connectivity index (χ1) is 7.65. The second kappa shape index (κ2) is 4.37. The van der Waals surface area contributed by atoms with Gasteiger partial charge in [-0.2, -0.15) is 5.10 Å². The van der Waals surface area contributed by atoms with Gasteiger partial charge in [0, 0.05) is 22.3 Å². The number of rotatable bonds is 2. The SMILES string of the molecule is Cc1cc(NC(=O)c2ccc(Cl)cc2)n[nH]1. The molecule has 0 saturated carbocycles. The molecule has 0 spiro atoms. The molecule has 1 heterocycles. The van der Waals surface area contributed by atoms with E-state index in [4.69, 9.17) is 11.6 Å². The van der Waals surface area contributed by atoms with Gasteiger partial charge in [0.15, 0.2) is 5.82 Å². The van der Waals surface area contributed by atoms with Crippen LogP contribution < -0.4 is 5.32 Å². The number of H-pyrrole nitrogens is 1. The van der Waals surface area contributed by atoms with Gasteiger partial charge in [-0.3, -0.25) is 9.89 Å². The molecule has 5 heteroatoms. The van der Waals surface area contributed by atoms with Gasteiger partial charge in [-0.05, 0) is 31.2 Å². The third-order valence-corrected chi connectivity index (χ3v) is 2.31. The number of nitrogens with one attached hydrogen (secondary N) is 2. The maximum atomic E-state index is 11.7. The Morgan fingerprint density at radius 1 is 1.38 bits per heavy atom. The van der Waals surface area contributed by atoms with Gasteiger partial charge in [0.05, 0.1) is 0 Å². The molecule has 82 valence electrons. The quantitative estimate of drug-likeness (QED) is 0.841. The highest BCUT2D eigenvalue weighted by atomic mass is 35.5. The fraction of sp³-hybridized carbons (Fsp3) is 0.0909. The molecule has 2 N–H and O–H groups in total. The number of hydrogen-bond donors (Lipinski definition) is 2. The third kappa shape index (κ3) is 2.41. The number of nitrogens with zero attached hydrogens (tertiary/aromatic N) is 1. The van der Waals surface area contributed by atoms with Crippen molar-refractivity contribution in [3.63, 3.8) is 0 Å². The van der Waals surface area contributed by atoms with Crippen molar-refractivity contribution in [2.24, 2.45) is 0 Å². The summed E-state index contributed by atoms with van der Waals surface area (Å²) in [5, 5.41) is 9.94. The number of halogens is 1. The monoisotopic (exact) mass is 235 g/mol. The Morgan fingerprint density at radius 3 is 2.62 bits per heavy atom. The Kier molecular flexibility index (Phi) is 2.92. The fourth-order valence-corrected chi connectivity index (χ4v) is 1.40. The van der Waals surface area contributed by atoms with Crippen LogP contribution in [0.15, 0.2) is 30.3 Å². The van der Waals surface area contributed by atoms with E-state index < -0.39 is 0 Å². The lowest BCUT2D eigenvalue weighted by atomic mass is 10.2. The molecule has 0 atom stereocenters. The van der Waals surface area contributed by atoms with Gasteiger partial charge < -0.3 is 5.32 Å². The zero-order chi connectivity index (χ0) is 11.5. The third-order valence-electron chi connectivity index (χ3n) is 2.05. The predicted octanol–water partition coefficient (Wildman–Crippen LogP) is 2.62. The predicted molar refractivity (Wildman–Crippen MR) is 62.7 cm³/mol.